The number of hydrogen-bond donors (Lipinski definition) is 2. The van der Waals surface area contributed by atoms with Crippen LogP contribution < -0.4 is 5.32 Å². The maximum Gasteiger partial charge on any atom is 0.0613 e. The molecule has 1 aromatic rings. The van der Waals surface area contributed by atoms with Crippen LogP contribution in [0.4, 0.5) is 0 Å². The average molecular weight is 279 g/mol. The molecular weight excluding hydrogens is 254 g/mol. The Hall–Kier alpha value is -0.510. The molecule has 2 N–H and O–H groups in total. The third-order valence-corrected chi connectivity index (χ3v) is 5.72. The van der Waals surface area contributed by atoms with Crippen LogP contribution in [-0.2, 0) is 5.75 Å². The third kappa shape index (κ3) is 3.74. The molecule has 2 nitrogen and oxygen atoms in total. The summed E-state index contributed by atoms with van der Waals surface area (Å²) in [4.78, 5) is 0. The molecule has 3 heteroatoms. The maximum absolute atomic E-state index is 9.62. The minimum absolute atomic E-state index is 0.0400. The van der Waals surface area contributed by atoms with Crippen molar-refractivity contribution in [2.45, 2.75) is 49.1 Å². The second kappa shape index (κ2) is 6.78. The van der Waals surface area contributed by atoms with Crippen LogP contribution in [0, 0.1) is 6.92 Å². The molecule has 1 aliphatic carbocycles. The van der Waals surface area contributed by atoms with Gasteiger partial charge < -0.3 is 10.4 Å². The van der Waals surface area contributed by atoms with Crippen LogP contribution in [-0.4, -0.2) is 29.5 Å². The van der Waals surface area contributed by atoms with Crippen LogP contribution in [0.25, 0.3) is 0 Å². The van der Waals surface area contributed by atoms with Crippen LogP contribution in [0.15, 0.2) is 24.3 Å². The van der Waals surface area contributed by atoms with E-state index in [1.54, 1.807) is 0 Å². The Bertz CT molecular complexity index is 403. The summed E-state index contributed by atoms with van der Waals surface area (Å²) in [5, 5.41) is 13.6. The van der Waals surface area contributed by atoms with Crippen molar-refractivity contribution in [1.29, 1.82) is 0 Å². The van der Waals surface area contributed by atoms with Crippen molar-refractivity contribution in [2.75, 3.05) is 13.7 Å². The number of nitrogens with one attached hydrogen (secondary N) is 1. The molecule has 1 saturated carbocycles. The molecule has 0 aromatic heterocycles. The van der Waals surface area contributed by atoms with E-state index in [1.165, 1.54) is 24.0 Å². The lowest BCUT2D eigenvalue weighted by Gasteiger charge is -2.39. The molecule has 0 radical (unpaired) electrons. The zero-order chi connectivity index (χ0) is 13.7. The smallest absolute Gasteiger partial charge is 0.0613 e. The first-order chi connectivity index (χ1) is 9.19. The fourth-order valence-electron chi connectivity index (χ4n) is 2.88. The van der Waals surface area contributed by atoms with Gasteiger partial charge in [0.05, 0.1) is 6.61 Å². The lowest BCUT2D eigenvalue weighted by molar-refractivity contribution is 0.131. The van der Waals surface area contributed by atoms with Crippen LogP contribution >= 0.6 is 11.8 Å². The van der Waals surface area contributed by atoms with Crippen molar-refractivity contribution in [1.82, 2.24) is 5.32 Å². The van der Waals surface area contributed by atoms with E-state index < -0.39 is 0 Å². The van der Waals surface area contributed by atoms with Gasteiger partial charge in [-0.2, -0.15) is 11.8 Å². The van der Waals surface area contributed by atoms with Gasteiger partial charge in [0.1, 0.15) is 0 Å². The topological polar surface area (TPSA) is 32.3 Å². The van der Waals surface area contributed by atoms with Crippen molar-refractivity contribution in [2.24, 2.45) is 0 Å². The van der Waals surface area contributed by atoms with Gasteiger partial charge in [0.2, 0.25) is 0 Å². The number of hydrogen-bond acceptors (Lipinski definition) is 3. The molecule has 2 rings (SSSR count). The zero-order valence-corrected chi connectivity index (χ0v) is 12.8. The van der Waals surface area contributed by atoms with Crippen molar-refractivity contribution in [3.63, 3.8) is 0 Å². The highest BCUT2D eigenvalue weighted by molar-refractivity contribution is 7.99. The first kappa shape index (κ1) is 14.9. The maximum atomic E-state index is 9.62. The largest absolute Gasteiger partial charge is 0.394 e. The Morgan fingerprint density at radius 3 is 2.89 bits per heavy atom. The second-order valence-corrected chi connectivity index (χ2v) is 6.93. The predicted octanol–water partition coefficient (Wildman–Crippen LogP) is 3.12. The number of rotatable bonds is 5. The molecule has 0 saturated heterocycles. The Balaban J connectivity index is 1.91. The number of aliphatic hydroxyl groups excluding tert-OH is 1. The van der Waals surface area contributed by atoms with E-state index in [2.05, 4.69) is 36.5 Å². The summed E-state index contributed by atoms with van der Waals surface area (Å²) in [5.74, 6) is 1.09. The molecule has 2 unspecified atom stereocenters. The van der Waals surface area contributed by atoms with Crippen LogP contribution in [0.3, 0.4) is 0 Å². The standard InChI is InChI=1S/C16H25NOS/c1-13-6-3-4-7-14(13)11-19-15-8-5-9-16(10-15,12-18)17-2/h3-4,6-7,15,17-18H,5,8-12H2,1-2H3. The number of aliphatic hydroxyl groups is 1. The van der Waals surface area contributed by atoms with Gasteiger partial charge in [-0.25, -0.2) is 0 Å². The van der Waals surface area contributed by atoms with Gasteiger partial charge >= 0.3 is 0 Å². The van der Waals surface area contributed by atoms with Gasteiger partial charge in [-0.05, 0) is 44.4 Å². The molecule has 19 heavy (non-hydrogen) atoms. The lowest BCUT2D eigenvalue weighted by Crippen LogP contribution is -2.50. The molecule has 0 spiro atoms. The normalized spacial score (nSPS) is 27.4. The van der Waals surface area contributed by atoms with Crippen molar-refractivity contribution >= 4 is 11.8 Å². The minimum atomic E-state index is -0.0400. The minimum Gasteiger partial charge on any atom is -0.394 e. The quantitative estimate of drug-likeness (QED) is 0.868. The summed E-state index contributed by atoms with van der Waals surface area (Å²) < 4.78 is 0. The zero-order valence-electron chi connectivity index (χ0n) is 12.0. The molecule has 0 amide bonds. The predicted molar refractivity (Wildman–Crippen MR) is 83.6 cm³/mol. The van der Waals surface area contributed by atoms with Crippen molar-refractivity contribution in [3.8, 4) is 0 Å². The van der Waals surface area contributed by atoms with Crippen molar-refractivity contribution in [3.05, 3.63) is 35.4 Å². The number of likely N-dealkylation sites (N-methyl/N-ethyl adjacent to an activating group) is 1. The van der Waals surface area contributed by atoms with Gasteiger partial charge in [-0.1, -0.05) is 30.7 Å². The number of aryl methyl sites for hydroxylation is 1. The Kier molecular flexibility index (Phi) is 5.31. The van der Waals surface area contributed by atoms with E-state index in [9.17, 15) is 5.11 Å². The van der Waals surface area contributed by atoms with E-state index in [1.807, 2.05) is 18.8 Å². The summed E-state index contributed by atoms with van der Waals surface area (Å²) >= 11 is 2.05. The summed E-state index contributed by atoms with van der Waals surface area (Å²) in [6, 6.07) is 8.63. The molecule has 0 bridgehead atoms. The van der Waals surface area contributed by atoms with E-state index in [4.69, 9.17) is 0 Å². The van der Waals surface area contributed by atoms with Gasteiger partial charge in [0.15, 0.2) is 0 Å². The highest BCUT2D eigenvalue weighted by Gasteiger charge is 2.34. The molecule has 1 aliphatic rings. The van der Waals surface area contributed by atoms with Crippen LogP contribution in [0.1, 0.15) is 36.8 Å². The molecule has 0 aliphatic heterocycles. The second-order valence-electron chi connectivity index (χ2n) is 5.64. The Morgan fingerprint density at radius 2 is 2.21 bits per heavy atom. The van der Waals surface area contributed by atoms with E-state index >= 15 is 0 Å². The van der Waals surface area contributed by atoms with E-state index in [0.717, 1.165) is 18.6 Å². The first-order valence-electron chi connectivity index (χ1n) is 7.15. The van der Waals surface area contributed by atoms with Gasteiger partial charge in [-0.3, -0.25) is 0 Å². The van der Waals surface area contributed by atoms with Gasteiger partial charge in [-0.15, -0.1) is 0 Å². The number of benzene rings is 1. The fraction of sp³-hybridized carbons (Fsp3) is 0.625. The average Bonchev–Trinajstić information content (AvgIpc) is 2.46. The summed E-state index contributed by atoms with van der Waals surface area (Å²) in [7, 11) is 1.98. The molecule has 1 aromatic carbocycles. The summed E-state index contributed by atoms with van der Waals surface area (Å²) in [5.41, 5.74) is 2.78. The van der Waals surface area contributed by atoms with E-state index in [-0.39, 0.29) is 12.1 Å². The molecule has 2 atom stereocenters. The summed E-state index contributed by atoms with van der Waals surface area (Å²) in [6.07, 6.45) is 4.67. The molecule has 106 valence electrons. The van der Waals surface area contributed by atoms with Crippen LogP contribution in [0.5, 0.6) is 0 Å². The fourth-order valence-corrected chi connectivity index (χ4v) is 4.39. The third-order valence-electron chi connectivity index (χ3n) is 4.37. The van der Waals surface area contributed by atoms with E-state index in [0.29, 0.717) is 5.25 Å². The molecular formula is C16H25NOS. The highest BCUT2D eigenvalue weighted by atomic mass is 32.2. The van der Waals surface area contributed by atoms with Gasteiger partial charge in [0, 0.05) is 16.5 Å². The SMILES string of the molecule is CNC1(CO)CCCC(SCc2ccccc2C)C1. The monoisotopic (exact) mass is 279 g/mol. The molecule has 0 heterocycles. The number of thioether (sulfide) groups is 1. The lowest BCUT2D eigenvalue weighted by atomic mass is 9.82. The Morgan fingerprint density at radius 1 is 1.42 bits per heavy atom. The van der Waals surface area contributed by atoms with Gasteiger partial charge in [0.25, 0.3) is 0 Å². The first-order valence-corrected chi connectivity index (χ1v) is 8.20. The summed E-state index contributed by atoms with van der Waals surface area (Å²) in [6.45, 7) is 2.44. The molecule has 1 fully saturated rings. The Labute approximate surface area is 121 Å². The van der Waals surface area contributed by atoms with Crippen molar-refractivity contribution < 1.29 is 5.11 Å². The highest BCUT2D eigenvalue weighted by Crippen LogP contribution is 2.36. The van der Waals surface area contributed by atoms with Crippen LogP contribution in [0.2, 0.25) is 0 Å².